The fourth-order valence-electron chi connectivity index (χ4n) is 3.59. The number of anilines is 1. The van der Waals surface area contributed by atoms with E-state index in [9.17, 15) is 0 Å². The smallest absolute Gasteiger partial charge is 0.198 e. The quantitative estimate of drug-likeness (QED) is 0.381. The number of ether oxygens (including phenoxy) is 2. The standard InChI is InChI=1S/C24H21N7O2S/c1-15-5-4-6-21(27-15)23-20(16-7-8-22-25-14-26-30(22)12-16)13-31(29-23)24(34)28-17-9-18(32-2)11-19(10-17)33-3/h4-14H,1-3H3,(H,28,34). The molecule has 10 heteroatoms. The van der Waals surface area contributed by atoms with Gasteiger partial charge in [0.2, 0.25) is 0 Å². The number of methoxy groups -OCH3 is 2. The van der Waals surface area contributed by atoms with E-state index in [0.717, 1.165) is 33.8 Å². The number of nitrogens with one attached hydrogen (secondary N) is 1. The van der Waals surface area contributed by atoms with Crippen molar-refractivity contribution in [3.05, 3.63) is 72.9 Å². The Bertz CT molecular complexity index is 1490. The van der Waals surface area contributed by atoms with Crippen molar-refractivity contribution in [2.45, 2.75) is 6.92 Å². The molecule has 0 unspecified atom stereocenters. The second-order valence-electron chi connectivity index (χ2n) is 7.51. The Morgan fingerprint density at radius 3 is 2.53 bits per heavy atom. The van der Waals surface area contributed by atoms with Crippen LogP contribution in [-0.4, -0.2) is 48.7 Å². The molecule has 9 nitrogen and oxygen atoms in total. The summed E-state index contributed by atoms with van der Waals surface area (Å²) in [5.74, 6) is 1.30. The molecule has 34 heavy (non-hydrogen) atoms. The predicted molar refractivity (Wildman–Crippen MR) is 133 cm³/mol. The Morgan fingerprint density at radius 1 is 1.00 bits per heavy atom. The summed E-state index contributed by atoms with van der Waals surface area (Å²) in [5.41, 5.74) is 5.60. The molecule has 0 radical (unpaired) electrons. The maximum atomic E-state index is 5.68. The van der Waals surface area contributed by atoms with Crippen molar-refractivity contribution in [1.82, 2.24) is 29.4 Å². The molecule has 0 bridgehead atoms. The lowest BCUT2D eigenvalue weighted by Gasteiger charge is -2.11. The van der Waals surface area contributed by atoms with Crippen molar-refractivity contribution in [2.24, 2.45) is 0 Å². The van der Waals surface area contributed by atoms with Gasteiger partial charge in [-0.05, 0) is 43.4 Å². The van der Waals surface area contributed by atoms with Crippen LogP contribution in [0.5, 0.6) is 11.5 Å². The average Bonchev–Trinajstić information content (AvgIpc) is 3.50. The van der Waals surface area contributed by atoms with Crippen molar-refractivity contribution in [1.29, 1.82) is 0 Å². The lowest BCUT2D eigenvalue weighted by atomic mass is 10.1. The first kappa shape index (κ1) is 21.5. The molecule has 4 heterocycles. The Morgan fingerprint density at radius 2 is 1.79 bits per heavy atom. The van der Waals surface area contributed by atoms with Crippen molar-refractivity contribution in [3.8, 4) is 34.0 Å². The van der Waals surface area contributed by atoms with Crippen LogP contribution in [0.1, 0.15) is 5.69 Å². The molecule has 0 aliphatic carbocycles. The predicted octanol–water partition coefficient (Wildman–Crippen LogP) is 4.23. The maximum Gasteiger partial charge on any atom is 0.198 e. The number of benzene rings is 1. The van der Waals surface area contributed by atoms with Gasteiger partial charge < -0.3 is 14.8 Å². The summed E-state index contributed by atoms with van der Waals surface area (Å²) in [7, 11) is 3.20. The highest BCUT2D eigenvalue weighted by atomic mass is 32.1. The van der Waals surface area contributed by atoms with Gasteiger partial charge in [-0.3, -0.25) is 4.98 Å². The molecule has 4 aromatic heterocycles. The van der Waals surface area contributed by atoms with Gasteiger partial charge in [0.25, 0.3) is 0 Å². The Hall–Kier alpha value is -4.31. The highest BCUT2D eigenvalue weighted by Crippen LogP contribution is 2.31. The number of rotatable bonds is 5. The number of hydrogen-bond donors (Lipinski definition) is 1. The van der Waals surface area contributed by atoms with E-state index in [0.29, 0.717) is 22.3 Å². The van der Waals surface area contributed by atoms with Crippen LogP contribution in [0, 0.1) is 6.92 Å². The number of hydrogen-bond acceptors (Lipinski definition) is 7. The third-order valence-electron chi connectivity index (χ3n) is 5.24. The second kappa shape index (κ2) is 8.91. The van der Waals surface area contributed by atoms with Gasteiger partial charge >= 0.3 is 0 Å². The minimum atomic E-state index is 0.386. The molecule has 0 atom stereocenters. The van der Waals surface area contributed by atoms with Gasteiger partial charge in [-0.15, -0.1) is 0 Å². The number of aryl methyl sites for hydroxylation is 1. The summed E-state index contributed by atoms with van der Waals surface area (Å²) < 4.78 is 14.1. The van der Waals surface area contributed by atoms with Gasteiger partial charge in [-0.1, -0.05) is 6.07 Å². The molecule has 5 aromatic rings. The van der Waals surface area contributed by atoms with Crippen LogP contribution in [0.25, 0.3) is 28.2 Å². The van der Waals surface area contributed by atoms with Crippen molar-refractivity contribution >= 4 is 28.7 Å². The monoisotopic (exact) mass is 471 g/mol. The van der Waals surface area contributed by atoms with Crippen LogP contribution in [0.4, 0.5) is 5.69 Å². The third-order valence-corrected chi connectivity index (χ3v) is 5.53. The van der Waals surface area contributed by atoms with Crippen LogP contribution in [0.2, 0.25) is 0 Å². The summed E-state index contributed by atoms with van der Waals surface area (Å²) in [4.78, 5) is 8.90. The van der Waals surface area contributed by atoms with Gasteiger partial charge in [-0.2, -0.15) is 10.2 Å². The van der Waals surface area contributed by atoms with Crippen molar-refractivity contribution in [2.75, 3.05) is 19.5 Å². The topological polar surface area (TPSA) is 91.4 Å². The van der Waals surface area contributed by atoms with Crippen LogP contribution in [0.3, 0.4) is 0 Å². The van der Waals surface area contributed by atoms with Crippen molar-refractivity contribution < 1.29 is 9.47 Å². The molecule has 1 N–H and O–H groups in total. The average molecular weight is 472 g/mol. The van der Waals surface area contributed by atoms with E-state index in [1.165, 1.54) is 6.33 Å². The van der Waals surface area contributed by atoms with E-state index in [-0.39, 0.29) is 0 Å². The highest BCUT2D eigenvalue weighted by Gasteiger charge is 2.17. The molecule has 0 spiro atoms. The molecule has 1 aromatic carbocycles. The summed E-state index contributed by atoms with van der Waals surface area (Å²) in [6.07, 6.45) is 5.31. The van der Waals surface area contributed by atoms with Gasteiger partial charge in [0.15, 0.2) is 10.8 Å². The second-order valence-corrected chi connectivity index (χ2v) is 7.90. The van der Waals surface area contributed by atoms with E-state index in [4.69, 9.17) is 26.8 Å². The first-order valence-corrected chi connectivity index (χ1v) is 10.8. The molecular weight excluding hydrogens is 450 g/mol. The molecule has 5 rings (SSSR count). The Balaban J connectivity index is 1.57. The van der Waals surface area contributed by atoms with Crippen molar-refractivity contribution in [3.63, 3.8) is 0 Å². The van der Waals surface area contributed by atoms with E-state index < -0.39 is 0 Å². The van der Waals surface area contributed by atoms with Gasteiger partial charge in [0, 0.05) is 53.1 Å². The van der Waals surface area contributed by atoms with Crippen LogP contribution in [-0.2, 0) is 0 Å². The van der Waals surface area contributed by atoms with E-state index in [1.807, 2.05) is 61.8 Å². The zero-order valence-corrected chi connectivity index (χ0v) is 19.6. The molecule has 0 fully saturated rings. The molecule has 0 aliphatic rings. The summed E-state index contributed by atoms with van der Waals surface area (Å²) in [5, 5.41) is 12.6. The molecule has 0 saturated heterocycles. The first-order chi connectivity index (χ1) is 16.5. The number of fused-ring (bicyclic) bond motifs is 1. The summed E-state index contributed by atoms with van der Waals surface area (Å²) in [6.45, 7) is 1.95. The number of nitrogens with zero attached hydrogens (tertiary/aromatic N) is 6. The number of thiocarbonyl (C=S) groups is 1. The van der Waals surface area contributed by atoms with Crippen LogP contribution < -0.4 is 14.8 Å². The van der Waals surface area contributed by atoms with Gasteiger partial charge in [0.05, 0.1) is 19.9 Å². The van der Waals surface area contributed by atoms with E-state index >= 15 is 0 Å². The number of pyridine rings is 2. The molecular formula is C24H21N7O2S. The Labute approximate surface area is 201 Å². The molecule has 0 amide bonds. The first-order valence-electron chi connectivity index (χ1n) is 10.4. The fourth-order valence-corrected chi connectivity index (χ4v) is 3.80. The lowest BCUT2D eigenvalue weighted by molar-refractivity contribution is 0.395. The van der Waals surface area contributed by atoms with E-state index in [1.54, 1.807) is 29.5 Å². The lowest BCUT2D eigenvalue weighted by Crippen LogP contribution is -2.19. The third kappa shape index (κ3) is 4.18. The van der Waals surface area contributed by atoms with Crippen LogP contribution in [0.15, 0.2) is 67.3 Å². The highest BCUT2D eigenvalue weighted by molar-refractivity contribution is 7.80. The zero-order chi connectivity index (χ0) is 23.7. The van der Waals surface area contributed by atoms with Crippen LogP contribution >= 0.6 is 12.2 Å². The van der Waals surface area contributed by atoms with E-state index in [2.05, 4.69) is 20.4 Å². The summed E-state index contributed by atoms with van der Waals surface area (Å²) in [6, 6.07) is 15.2. The van der Waals surface area contributed by atoms with Gasteiger partial charge in [0.1, 0.15) is 23.5 Å². The maximum absolute atomic E-state index is 5.68. The van der Waals surface area contributed by atoms with Gasteiger partial charge in [-0.25, -0.2) is 14.2 Å². The normalized spacial score (nSPS) is 10.9. The minimum absolute atomic E-state index is 0.386. The molecule has 0 aliphatic heterocycles. The SMILES string of the molecule is COc1cc(NC(=S)n2cc(-c3ccc4ncnn4c3)c(-c3cccc(C)n3)n2)cc(OC)c1. The minimum Gasteiger partial charge on any atom is -0.497 e. The summed E-state index contributed by atoms with van der Waals surface area (Å²) >= 11 is 5.68. The largest absolute Gasteiger partial charge is 0.497 e. The zero-order valence-electron chi connectivity index (χ0n) is 18.8. The molecule has 170 valence electrons. The number of aromatic nitrogens is 6. The fraction of sp³-hybridized carbons (Fsp3) is 0.125. The molecule has 0 saturated carbocycles. The Kier molecular flexibility index (Phi) is 5.64.